The van der Waals surface area contributed by atoms with E-state index in [9.17, 15) is 23.1 Å². The maximum Gasteiger partial charge on any atom is 0.456 e. The van der Waals surface area contributed by atoms with E-state index < -0.39 is 35.0 Å². The number of carbonyl (C=O) groups excluding carboxylic acids is 1. The van der Waals surface area contributed by atoms with Gasteiger partial charge in [-0.15, -0.1) is 0 Å². The minimum Gasteiger partial charge on any atom is -0.378 e. The lowest BCUT2D eigenvalue weighted by atomic mass is 9.46. The number of alkyl halides is 5. The Morgan fingerprint density at radius 2 is 1.56 bits per heavy atom. The molecular weight excluding hydrogens is 537 g/mol. The van der Waals surface area contributed by atoms with Crippen LogP contribution in [0.4, 0.5) is 22.0 Å². The van der Waals surface area contributed by atoms with E-state index in [4.69, 9.17) is 5.26 Å². The molecule has 2 aromatic rings. The molecule has 0 spiro atoms. The van der Waals surface area contributed by atoms with Crippen LogP contribution in [-0.4, -0.2) is 28.6 Å². The largest absolute Gasteiger partial charge is 0.456 e. The Balaban J connectivity index is 1.43. The SMILES string of the molecule is C[C@]12C[C@H](c3ccc(-c4ccc(C#N)cc4)cc3)[C@H]3[C@@H](CCC4=CC(=O)CC[C@@H]43)[C@@H]1C=C[C@@]2(O)C(F)(F)C(F)(F)F. The normalized spacial score (nSPS) is 34.7. The van der Waals surface area contributed by atoms with Gasteiger partial charge in [-0.2, -0.15) is 27.2 Å². The summed E-state index contributed by atoms with van der Waals surface area (Å²) in [7, 11) is 0. The van der Waals surface area contributed by atoms with Gasteiger partial charge < -0.3 is 5.11 Å². The second-order valence-corrected chi connectivity index (χ2v) is 12.4. The molecule has 2 aromatic carbocycles. The third-order valence-corrected chi connectivity index (χ3v) is 10.5. The fraction of sp³-hybridized carbons (Fsp3) is 0.455. The summed E-state index contributed by atoms with van der Waals surface area (Å²) in [6.07, 6.45) is 0.0276. The second-order valence-electron chi connectivity index (χ2n) is 12.4. The molecule has 0 aromatic heterocycles. The molecule has 0 bridgehead atoms. The van der Waals surface area contributed by atoms with Crippen LogP contribution in [0.15, 0.2) is 72.3 Å². The number of aliphatic hydroxyl groups is 1. The summed E-state index contributed by atoms with van der Waals surface area (Å²) in [6, 6.07) is 16.8. The van der Waals surface area contributed by atoms with Crippen LogP contribution in [-0.2, 0) is 4.79 Å². The maximum absolute atomic E-state index is 15.1. The third-order valence-electron chi connectivity index (χ3n) is 10.5. The van der Waals surface area contributed by atoms with Crippen LogP contribution in [0.3, 0.4) is 0 Å². The van der Waals surface area contributed by atoms with Crippen molar-refractivity contribution in [1.29, 1.82) is 5.26 Å². The molecule has 6 rings (SSSR count). The lowest BCUT2D eigenvalue weighted by Crippen LogP contribution is -2.66. The van der Waals surface area contributed by atoms with E-state index >= 15 is 8.78 Å². The first-order valence-corrected chi connectivity index (χ1v) is 14.0. The molecule has 3 nitrogen and oxygen atoms in total. The molecule has 0 heterocycles. The maximum atomic E-state index is 15.1. The van der Waals surface area contributed by atoms with Crippen LogP contribution in [0.1, 0.15) is 56.1 Å². The first-order valence-electron chi connectivity index (χ1n) is 14.0. The Morgan fingerprint density at radius 1 is 0.927 bits per heavy atom. The summed E-state index contributed by atoms with van der Waals surface area (Å²) in [5.74, 6) is -6.56. The standard InChI is InChI=1S/C33H30F5NO2/c1-30-17-27(22-8-6-21(7-9-22)20-4-2-19(18-39)3-5-20)29-25-13-11-24(40)16-23(25)10-12-26(29)28(30)14-15-31(30,41)32(34,35)33(36,37)38/h2-9,14-16,25-29,41H,10-13,17H2,1H3/t25-,26-,27+,28-,29+,30-,31-/m0/s1. The van der Waals surface area contributed by atoms with Gasteiger partial charge >= 0.3 is 12.1 Å². The molecular formula is C33H30F5NO2. The minimum atomic E-state index is -5.91. The predicted octanol–water partition coefficient (Wildman–Crippen LogP) is 7.77. The zero-order valence-corrected chi connectivity index (χ0v) is 22.5. The first kappa shape index (κ1) is 27.8. The Hall–Kier alpha value is -3.31. The summed E-state index contributed by atoms with van der Waals surface area (Å²) < 4.78 is 71.4. The van der Waals surface area contributed by atoms with Gasteiger partial charge in [0, 0.05) is 11.8 Å². The molecule has 4 aliphatic rings. The van der Waals surface area contributed by atoms with Gasteiger partial charge in [-0.05, 0) is 96.2 Å². The first-order chi connectivity index (χ1) is 19.3. The summed E-state index contributed by atoms with van der Waals surface area (Å²) in [4.78, 5) is 12.2. The lowest BCUT2D eigenvalue weighted by Gasteiger charge is -2.59. The van der Waals surface area contributed by atoms with Crippen molar-refractivity contribution < 1.29 is 31.9 Å². The molecule has 214 valence electrons. The van der Waals surface area contributed by atoms with Crippen molar-refractivity contribution in [3.63, 3.8) is 0 Å². The van der Waals surface area contributed by atoms with Crippen molar-refractivity contribution in [3.8, 4) is 17.2 Å². The van der Waals surface area contributed by atoms with Crippen LogP contribution in [0.25, 0.3) is 11.1 Å². The van der Waals surface area contributed by atoms with E-state index in [0.29, 0.717) is 37.3 Å². The van der Waals surface area contributed by atoms with Gasteiger partial charge in [0.15, 0.2) is 11.4 Å². The number of hydrogen-bond donors (Lipinski definition) is 1. The molecule has 0 saturated heterocycles. The van der Waals surface area contributed by atoms with Gasteiger partial charge in [-0.3, -0.25) is 4.79 Å². The highest BCUT2D eigenvalue weighted by molar-refractivity contribution is 5.91. The average molecular weight is 568 g/mol. The summed E-state index contributed by atoms with van der Waals surface area (Å²) in [5, 5.41) is 20.4. The molecule has 8 heteroatoms. The molecule has 0 aliphatic heterocycles. The summed E-state index contributed by atoms with van der Waals surface area (Å²) in [6.45, 7) is 1.39. The number of ketones is 1. The van der Waals surface area contributed by atoms with E-state index in [1.807, 2.05) is 36.4 Å². The number of allylic oxidation sites excluding steroid dienone is 3. The molecule has 0 radical (unpaired) electrons. The number of halogens is 5. The number of hydrogen-bond acceptors (Lipinski definition) is 3. The molecule has 1 N–H and O–H groups in total. The molecule has 7 atom stereocenters. The second kappa shape index (κ2) is 9.35. The Bertz CT molecular complexity index is 1470. The highest BCUT2D eigenvalue weighted by Gasteiger charge is 2.78. The van der Waals surface area contributed by atoms with Gasteiger partial charge in [-0.25, -0.2) is 0 Å². The number of carbonyl (C=O) groups is 1. The Labute approximate surface area is 235 Å². The molecule has 4 aliphatic carbocycles. The van der Waals surface area contributed by atoms with Crippen LogP contribution < -0.4 is 0 Å². The van der Waals surface area contributed by atoms with Gasteiger partial charge in [0.2, 0.25) is 0 Å². The van der Waals surface area contributed by atoms with Crippen molar-refractivity contribution in [2.24, 2.45) is 29.1 Å². The van der Waals surface area contributed by atoms with Crippen molar-refractivity contribution in [2.75, 3.05) is 0 Å². The lowest BCUT2D eigenvalue weighted by molar-refractivity contribution is -0.354. The van der Waals surface area contributed by atoms with Crippen LogP contribution in [0, 0.1) is 40.4 Å². The zero-order valence-electron chi connectivity index (χ0n) is 22.5. The van der Waals surface area contributed by atoms with Crippen molar-refractivity contribution in [3.05, 3.63) is 83.5 Å². The van der Waals surface area contributed by atoms with Gasteiger partial charge in [0.25, 0.3) is 0 Å². The van der Waals surface area contributed by atoms with E-state index in [1.165, 1.54) is 13.0 Å². The van der Waals surface area contributed by atoms with E-state index in [2.05, 4.69) is 6.07 Å². The zero-order chi connectivity index (χ0) is 29.4. The Kier molecular flexibility index (Phi) is 6.35. The average Bonchev–Trinajstić information content (AvgIpc) is 3.23. The van der Waals surface area contributed by atoms with Crippen LogP contribution in [0.2, 0.25) is 0 Å². The predicted molar refractivity (Wildman–Crippen MR) is 143 cm³/mol. The van der Waals surface area contributed by atoms with E-state index in [0.717, 1.165) is 22.3 Å². The minimum absolute atomic E-state index is 0.0319. The van der Waals surface area contributed by atoms with E-state index in [-0.39, 0.29) is 30.0 Å². The van der Waals surface area contributed by atoms with Crippen LogP contribution in [0.5, 0.6) is 0 Å². The monoisotopic (exact) mass is 567 g/mol. The number of nitriles is 1. The topological polar surface area (TPSA) is 61.1 Å². The fourth-order valence-electron chi connectivity index (χ4n) is 8.47. The molecule has 41 heavy (non-hydrogen) atoms. The third kappa shape index (κ3) is 4.03. The Morgan fingerprint density at radius 3 is 2.17 bits per heavy atom. The summed E-state index contributed by atoms with van der Waals surface area (Å²) >= 11 is 0. The number of fused-ring (bicyclic) bond motifs is 5. The van der Waals surface area contributed by atoms with Gasteiger partial charge in [0.05, 0.1) is 11.6 Å². The number of nitrogens with zero attached hydrogens (tertiary/aromatic N) is 1. The molecule has 0 amide bonds. The molecule has 2 fully saturated rings. The number of benzene rings is 2. The summed E-state index contributed by atoms with van der Waals surface area (Å²) in [5.41, 5.74) is -0.977. The highest BCUT2D eigenvalue weighted by Crippen LogP contribution is 2.69. The molecule has 0 unspecified atom stereocenters. The van der Waals surface area contributed by atoms with Gasteiger partial charge in [-0.1, -0.05) is 55.0 Å². The van der Waals surface area contributed by atoms with Crippen LogP contribution >= 0.6 is 0 Å². The number of rotatable bonds is 3. The van der Waals surface area contributed by atoms with Crippen molar-refractivity contribution >= 4 is 5.78 Å². The van der Waals surface area contributed by atoms with Gasteiger partial charge in [0.1, 0.15) is 0 Å². The van der Waals surface area contributed by atoms with Crippen molar-refractivity contribution in [2.45, 2.75) is 62.6 Å². The van der Waals surface area contributed by atoms with Crippen molar-refractivity contribution in [1.82, 2.24) is 0 Å². The molecule has 2 saturated carbocycles. The fourth-order valence-corrected chi connectivity index (χ4v) is 8.47. The van der Waals surface area contributed by atoms with E-state index in [1.54, 1.807) is 18.2 Å². The smallest absolute Gasteiger partial charge is 0.378 e. The quantitative estimate of drug-likeness (QED) is 0.305. The highest BCUT2D eigenvalue weighted by atomic mass is 19.4.